The van der Waals surface area contributed by atoms with E-state index in [1.165, 1.54) is 6.92 Å². The van der Waals surface area contributed by atoms with Gasteiger partial charge < -0.3 is 18.9 Å². The second-order valence-corrected chi connectivity index (χ2v) is 7.35. The number of methoxy groups -OCH3 is 1. The summed E-state index contributed by atoms with van der Waals surface area (Å²) in [5.74, 6) is 0.263. The minimum atomic E-state index is -1.17. The van der Waals surface area contributed by atoms with Gasteiger partial charge in [0.25, 0.3) is 0 Å². The van der Waals surface area contributed by atoms with E-state index in [0.717, 1.165) is 5.56 Å². The monoisotopic (exact) mass is 475 g/mol. The highest BCUT2D eigenvalue weighted by molar-refractivity contribution is 5.79. The molecule has 0 saturated heterocycles. The minimum absolute atomic E-state index is 0.0144. The van der Waals surface area contributed by atoms with Crippen molar-refractivity contribution in [2.24, 2.45) is 0 Å². The standard InChI is InChI=1S/C26H25N3O6/c1-4-33-26(31)24(35-17(2)30)14-19-13-18(15-27)9-10-22(19)34-16-20-11-12-28-25(29-20)21-7-5-6-8-23(21)32-3/h5-13,24H,4,14,16H2,1-3H3. The molecule has 0 spiro atoms. The first-order valence-corrected chi connectivity index (χ1v) is 10.9. The van der Waals surface area contributed by atoms with E-state index in [0.29, 0.717) is 34.1 Å². The predicted molar refractivity (Wildman–Crippen MR) is 125 cm³/mol. The van der Waals surface area contributed by atoms with Gasteiger partial charge in [-0.3, -0.25) is 4.79 Å². The summed E-state index contributed by atoms with van der Waals surface area (Å²) in [6, 6.07) is 16.0. The number of hydrogen-bond donors (Lipinski definition) is 0. The molecule has 0 radical (unpaired) electrons. The van der Waals surface area contributed by atoms with E-state index in [1.807, 2.05) is 24.3 Å². The van der Waals surface area contributed by atoms with Gasteiger partial charge in [0, 0.05) is 19.5 Å². The lowest BCUT2D eigenvalue weighted by Crippen LogP contribution is -2.30. The molecule has 0 fully saturated rings. The summed E-state index contributed by atoms with van der Waals surface area (Å²) in [5, 5.41) is 9.32. The Morgan fingerprint density at radius 3 is 2.63 bits per heavy atom. The summed E-state index contributed by atoms with van der Waals surface area (Å²) in [7, 11) is 1.58. The van der Waals surface area contributed by atoms with Crippen LogP contribution in [-0.4, -0.2) is 41.7 Å². The summed E-state index contributed by atoms with van der Waals surface area (Å²) in [6.07, 6.45) is 0.449. The van der Waals surface area contributed by atoms with E-state index in [2.05, 4.69) is 16.0 Å². The number of ether oxygens (including phenoxy) is 4. The third kappa shape index (κ3) is 6.77. The molecule has 1 aromatic heterocycles. The fourth-order valence-electron chi connectivity index (χ4n) is 3.35. The van der Waals surface area contributed by atoms with Gasteiger partial charge in [0.15, 0.2) is 5.82 Å². The molecule has 35 heavy (non-hydrogen) atoms. The molecule has 0 aliphatic heterocycles. The van der Waals surface area contributed by atoms with Crippen LogP contribution < -0.4 is 9.47 Å². The van der Waals surface area contributed by atoms with E-state index in [4.69, 9.17) is 18.9 Å². The average molecular weight is 476 g/mol. The summed E-state index contributed by atoms with van der Waals surface area (Å²) in [6.45, 7) is 3.11. The number of nitrogens with zero attached hydrogens (tertiary/aromatic N) is 3. The van der Waals surface area contributed by atoms with Gasteiger partial charge >= 0.3 is 11.9 Å². The molecule has 1 unspecified atom stereocenters. The first-order valence-electron chi connectivity index (χ1n) is 10.9. The molecule has 2 aromatic carbocycles. The van der Waals surface area contributed by atoms with Crippen LogP contribution in [0.4, 0.5) is 0 Å². The van der Waals surface area contributed by atoms with Gasteiger partial charge in [-0.1, -0.05) is 12.1 Å². The number of hydrogen-bond acceptors (Lipinski definition) is 9. The van der Waals surface area contributed by atoms with Crippen LogP contribution in [0.25, 0.3) is 11.4 Å². The lowest BCUT2D eigenvalue weighted by molar-refractivity contribution is -0.166. The van der Waals surface area contributed by atoms with Crippen LogP contribution in [0.15, 0.2) is 54.7 Å². The smallest absolute Gasteiger partial charge is 0.347 e. The fraction of sp³-hybridized carbons (Fsp3) is 0.269. The highest BCUT2D eigenvalue weighted by Crippen LogP contribution is 2.27. The second kappa shape index (κ2) is 12.1. The Bertz CT molecular complexity index is 1240. The summed E-state index contributed by atoms with van der Waals surface area (Å²) in [5.41, 5.74) is 2.24. The van der Waals surface area contributed by atoms with Gasteiger partial charge in [-0.15, -0.1) is 0 Å². The van der Waals surface area contributed by atoms with Crippen molar-refractivity contribution in [2.45, 2.75) is 33.0 Å². The van der Waals surface area contributed by atoms with Crippen molar-refractivity contribution in [1.29, 1.82) is 5.26 Å². The minimum Gasteiger partial charge on any atom is -0.496 e. The molecule has 3 rings (SSSR count). The molecule has 9 nitrogen and oxygen atoms in total. The normalized spacial score (nSPS) is 11.1. The van der Waals surface area contributed by atoms with Crippen LogP contribution in [0.5, 0.6) is 11.5 Å². The Morgan fingerprint density at radius 1 is 1.11 bits per heavy atom. The van der Waals surface area contributed by atoms with Crippen molar-refractivity contribution in [3.05, 3.63) is 71.5 Å². The third-order valence-corrected chi connectivity index (χ3v) is 4.89. The van der Waals surface area contributed by atoms with Gasteiger partial charge in [0.1, 0.15) is 18.1 Å². The Labute approximate surface area is 203 Å². The number of esters is 2. The van der Waals surface area contributed by atoms with Crippen molar-refractivity contribution in [2.75, 3.05) is 13.7 Å². The van der Waals surface area contributed by atoms with E-state index >= 15 is 0 Å². The molecule has 0 bridgehead atoms. The van der Waals surface area contributed by atoms with E-state index in [-0.39, 0.29) is 19.6 Å². The third-order valence-electron chi connectivity index (χ3n) is 4.89. The van der Waals surface area contributed by atoms with Crippen LogP contribution in [0.1, 0.15) is 30.7 Å². The van der Waals surface area contributed by atoms with Crippen LogP contribution in [0.3, 0.4) is 0 Å². The van der Waals surface area contributed by atoms with Crippen molar-refractivity contribution in [1.82, 2.24) is 9.97 Å². The molecular formula is C26H25N3O6. The van der Waals surface area contributed by atoms with Crippen LogP contribution in [0, 0.1) is 11.3 Å². The van der Waals surface area contributed by atoms with E-state index in [9.17, 15) is 14.9 Å². The number of carbonyl (C=O) groups is 2. The van der Waals surface area contributed by atoms with Crippen LogP contribution >= 0.6 is 0 Å². The SMILES string of the molecule is CCOC(=O)C(Cc1cc(C#N)ccc1OCc1ccnc(-c2ccccc2OC)n1)OC(C)=O. The predicted octanol–water partition coefficient (Wildman–Crippen LogP) is 3.64. The molecule has 0 saturated carbocycles. The largest absolute Gasteiger partial charge is 0.496 e. The number of rotatable bonds is 10. The van der Waals surface area contributed by atoms with Crippen molar-refractivity contribution >= 4 is 11.9 Å². The van der Waals surface area contributed by atoms with Gasteiger partial charge in [0.05, 0.1) is 36.6 Å². The molecule has 1 atom stereocenters. The summed E-state index contributed by atoms with van der Waals surface area (Å²) in [4.78, 5) is 32.8. The first kappa shape index (κ1) is 25.2. The van der Waals surface area contributed by atoms with Gasteiger partial charge in [-0.2, -0.15) is 5.26 Å². The van der Waals surface area contributed by atoms with Gasteiger partial charge in [-0.25, -0.2) is 14.8 Å². The number of aromatic nitrogens is 2. The fourth-order valence-corrected chi connectivity index (χ4v) is 3.35. The first-order chi connectivity index (χ1) is 16.9. The maximum Gasteiger partial charge on any atom is 0.347 e. The quantitative estimate of drug-likeness (QED) is 0.405. The lowest BCUT2D eigenvalue weighted by atomic mass is 10.0. The number of carbonyl (C=O) groups excluding carboxylic acids is 2. The van der Waals surface area contributed by atoms with Gasteiger partial charge in [0.2, 0.25) is 6.10 Å². The molecule has 9 heteroatoms. The Kier molecular flexibility index (Phi) is 8.73. The molecule has 180 valence electrons. The number of benzene rings is 2. The topological polar surface area (TPSA) is 121 Å². The maximum atomic E-state index is 12.3. The Balaban J connectivity index is 1.84. The Morgan fingerprint density at radius 2 is 1.91 bits per heavy atom. The molecule has 0 aliphatic carbocycles. The Hall–Kier alpha value is -4.45. The zero-order valence-electron chi connectivity index (χ0n) is 19.7. The van der Waals surface area contributed by atoms with Crippen molar-refractivity contribution in [3.8, 4) is 29.0 Å². The molecule has 3 aromatic rings. The summed E-state index contributed by atoms with van der Waals surface area (Å²) < 4.78 is 21.6. The summed E-state index contributed by atoms with van der Waals surface area (Å²) >= 11 is 0. The van der Waals surface area contributed by atoms with E-state index in [1.54, 1.807) is 44.5 Å². The zero-order chi connectivity index (χ0) is 25.2. The highest BCUT2D eigenvalue weighted by Gasteiger charge is 2.25. The molecular weight excluding hydrogens is 450 g/mol. The second-order valence-electron chi connectivity index (χ2n) is 7.35. The zero-order valence-corrected chi connectivity index (χ0v) is 19.7. The average Bonchev–Trinajstić information content (AvgIpc) is 2.87. The van der Waals surface area contributed by atoms with E-state index < -0.39 is 18.0 Å². The molecule has 0 aliphatic rings. The van der Waals surface area contributed by atoms with Crippen LogP contribution in [-0.2, 0) is 32.1 Å². The van der Waals surface area contributed by atoms with Crippen LogP contribution in [0.2, 0.25) is 0 Å². The molecule has 0 amide bonds. The lowest BCUT2D eigenvalue weighted by Gasteiger charge is -2.18. The number of nitriles is 1. The molecule has 1 heterocycles. The number of para-hydroxylation sites is 1. The van der Waals surface area contributed by atoms with Crippen molar-refractivity contribution < 1.29 is 28.5 Å². The maximum absolute atomic E-state index is 12.3. The highest BCUT2D eigenvalue weighted by atomic mass is 16.6. The van der Waals surface area contributed by atoms with Gasteiger partial charge in [-0.05, 0) is 48.9 Å². The van der Waals surface area contributed by atoms with Crippen molar-refractivity contribution in [3.63, 3.8) is 0 Å². The molecule has 0 N–H and O–H groups in total.